The van der Waals surface area contributed by atoms with E-state index in [2.05, 4.69) is 36.5 Å². The molecule has 1 saturated carbocycles. The Kier molecular flexibility index (Phi) is 8.83. The van der Waals surface area contributed by atoms with Crippen LogP contribution in [0.15, 0.2) is 30.3 Å². The molecule has 0 aliphatic heterocycles. The van der Waals surface area contributed by atoms with Crippen LogP contribution in [0.25, 0.3) is 0 Å². The topological polar surface area (TPSA) is 38.3 Å². The average Bonchev–Trinajstić information content (AvgIpc) is 2.58. The smallest absolute Gasteiger partial charge is 0.310 e. The Balaban J connectivity index is 0.00000116. The molecule has 124 valence electrons. The molecule has 1 aromatic carbocycles. The molecule has 0 unspecified atom stereocenters. The van der Waals surface area contributed by atoms with E-state index in [9.17, 15) is 4.79 Å². The molecule has 22 heavy (non-hydrogen) atoms. The van der Waals surface area contributed by atoms with Gasteiger partial charge in [-0.3, -0.25) is 4.79 Å². The predicted octanol–water partition coefficient (Wildman–Crippen LogP) is 4.49. The molecule has 3 nitrogen and oxygen atoms in total. The van der Waals surface area contributed by atoms with Gasteiger partial charge in [-0.25, -0.2) is 0 Å². The number of rotatable bonds is 5. The molecule has 1 aliphatic rings. The average molecular weight is 305 g/mol. The van der Waals surface area contributed by atoms with Crippen molar-refractivity contribution in [2.45, 2.75) is 65.5 Å². The van der Waals surface area contributed by atoms with E-state index >= 15 is 0 Å². The first-order valence-corrected chi connectivity index (χ1v) is 8.70. The number of ether oxygens (including phenoxy) is 1. The molecule has 1 fully saturated rings. The van der Waals surface area contributed by atoms with E-state index in [0.29, 0.717) is 6.61 Å². The lowest BCUT2D eigenvalue weighted by Gasteiger charge is -2.33. The van der Waals surface area contributed by atoms with Gasteiger partial charge in [0.05, 0.1) is 12.5 Å². The van der Waals surface area contributed by atoms with Crippen LogP contribution in [0.3, 0.4) is 0 Å². The van der Waals surface area contributed by atoms with Crippen LogP contribution >= 0.6 is 0 Å². The zero-order chi connectivity index (χ0) is 16.4. The molecule has 1 aromatic rings. The number of nitrogens with one attached hydrogen (secondary N) is 1. The Bertz CT molecular complexity index is 419. The first-order valence-electron chi connectivity index (χ1n) is 8.70. The van der Waals surface area contributed by atoms with Gasteiger partial charge in [0.15, 0.2) is 0 Å². The summed E-state index contributed by atoms with van der Waals surface area (Å²) in [6, 6.07) is 10.9. The molecule has 0 bridgehead atoms. The summed E-state index contributed by atoms with van der Waals surface area (Å²) in [5.41, 5.74) is 1.26. The molecule has 0 aromatic heterocycles. The molecule has 1 aliphatic carbocycles. The Labute approximate surface area is 135 Å². The third-order valence-electron chi connectivity index (χ3n) is 4.12. The molecule has 0 spiro atoms. The highest BCUT2D eigenvalue weighted by atomic mass is 16.5. The SMILES string of the molecule is CC.CCOC(=O)[C@H]1CCCC[C@@H]1N[C@@H](C)c1ccccc1. The fourth-order valence-corrected chi connectivity index (χ4v) is 3.02. The Morgan fingerprint density at radius 3 is 2.50 bits per heavy atom. The zero-order valence-electron chi connectivity index (χ0n) is 14.5. The van der Waals surface area contributed by atoms with Gasteiger partial charge in [0.2, 0.25) is 0 Å². The quantitative estimate of drug-likeness (QED) is 0.815. The highest BCUT2D eigenvalue weighted by Crippen LogP contribution is 2.27. The van der Waals surface area contributed by atoms with Gasteiger partial charge in [0.1, 0.15) is 0 Å². The summed E-state index contributed by atoms with van der Waals surface area (Å²) in [7, 11) is 0. The highest BCUT2D eigenvalue weighted by molar-refractivity contribution is 5.73. The molecule has 0 heterocycles. The molecule has 2 rings (SSSR count). The Hall–Kier alpha value is -1.35. The van der Waals surface area contributed by atoms with Crippen LogP contribution in [0.1, 0.15) is 65.0 Å². The monoisotopic (exact) mass is 305 g/mol. The maximum absolute atomic E-state index is 12.1. The van der Waals surface area contributed by atoms with Crippen LogP contribution in [-0.2, 0) is 9.53 Å². The normalized spacial score (nSPS) is 22.2. The van der Waals surface area contributed by atoms with Gasteiger partial charge in [0.25, 0.3) is 0 Å². The second kappa shape index (κ2) is 10.4. The molecular weight excluding hydrogens is 274 g/mol. The third kappa shape index (κ3) is 5.45. The van der Waals surface area contributed by atoms with Crippen LogP contribution in [0, 0.1) is 5.92 Å². The number of benzene rings is 1. The van der Waals surface area contributed by atoms with Crippen molar-refractivity contribution in [2.24, 2.45) is 5.92 Å². The van der Waals surface area contributed by atoms with E-state index in [1.54, 1.807) is 0 Å². The minimum absolute atomic E-state index is 0.00913. The molecule has 0 amide bonds. The van der Waals surface area contributed by atoms with Gasteiger partial charge in [-0.1, -0.05) is 57.0 Å². The van der Waals surface area contributed by atoms with Crippen molar-refractivity contribution in [1.29, 1.82) is 0 Å². The van der Waals surface area contributed by atoms with Gasteiger partial charge in [-0.2, -0.15) is 0 Å². The fourth-order valence-electron chi connectivity index (χ4n) is 3.02. The summed E-state index contributed by atoms with van der Waals surface area (Å²) in [5.74, 6) is -0.0279. The summed E-state index contributed by atoms with van der Waals surface area (Å²) < 4.78 is 5.22. The largest absolute Gasteiger partial charge is 0.466 e. The van der Waals surface area contributed by atoms with Crippen molar-refractivity contribution < 1.29 is 9.53 Å². The molecule has 3 atom stereocenters. The molecule has 0 saturated heterocycles. The maximum atomic E-state index is 12.1. The van der Waals surface area contributed by atoms with E-state index in [4.69, 9.17) is 4.74 Å². The summed E-state index contributed by atoms with van der Waals surface area (Å²) in [4.78, 5) is 12.1. The first kappa shape index (κ1) is 18.7. The van der Waals surface area contributed by atoms with Crippen molar-refractivity contribution in [1.82, 2.24) is 5.32 Å². The summed E-state index contributed by atoms with van der Waals surface area (Å²) in [6.07, 6.45) is 4.31. The minimum atomic E-state index is -0.0371. The van der Waals surface area contributed by atoms with Gasteiger partial charge in [0, 0.05) is 12.1 Å². The predicted molar refractivity (Wildman–Crippen MR) is 91.7 cm³/mol. The first-order chi connectivity index (χ1) is 10.7. The van der Waals surface area contributed by atoms with Crippen LogP contribution in [0.5, 0.6) is 0 Å². The van der Waals surface area contributed by atoms with Crippen LogP contribution in [0.4, 0.5) is 0 Å². The second-order valence-electron chi connectivity index (χ2n) is 5.55. The van der Waals surface area contributed by atoms with Gasteiger partial charge >= 0.3 is 5.97 Å². The van der Waals surface area contributed by atoms with E-state index < -0.39 is 0 Å². The molecular formula is C19H31NO2. The van der Waals surface area contributed by atoms with E-state index in [1.165, 1.54) is 12.0 Å². The van der Waals surface area contributed by atoms with Crippen LogP contribution in [-0.4, -0.2) is 18.6 Å². The van der Waals surface area contributed by atoms with E-state index in [1.807, 2.05) is 26.8 Å². The number of carbonyl (C=O) groups excluding carboxylic acids is 1. The van der Waals surface area contributed by atoms with E-state index in [-0.39, 0.29) is 24.0 Å². The van der Waals surface area contributed by atoms with Crippen molar-refractivity contribution in [2.75, 3.05) is 6.61 Å². The van der Waals surface area contributed by atoms with Crippen molar-refractivity contribution in [3.63, 3.8) is 0 Å². The summed E-state index contributed by atoms with van der Waals surface area (Å²) in [6.45, 7) is 8.50. The Morgan fingerprint density at radius 2 is 1.86 bits per heavy atom. The standard InChI is InChI=1S/C17H25NO2.C2H6/c1-3-20-17(19)15-11-7-8-12-16(15)18-13(2)14-9-5-4-6-10-14;1-2/h4-6,9-10,13,15-16,18H,3,7-8,11-12H2,1-2H3;1-2H3/t13-,15-,16-;/m0./s1. The van der Waals surface area contributed by atoms with Gasteiger partial charge in [-0.05, 0) is 32.3 Å². The second-order valence-corrected chi connectivity index (χ2v) is 5.55. The maximum Gasteiger partial charge on any atom is 0.310 e. The summed E-state index contributed by atoms with van der Waals surface area (Å²) in [5, 5.41) is 3.62. The van der Waals surface area contributed by atoms with E-state index in [0.717, 1.165) is 19.3 Å². The third-order valence-corrected chi connectivity index (χ3v) is 4.12. The zero-order valence-corrected chi connectivity index (χ0v) is 14.5. The molecule has 1 N–H and O–H groups in total. The van der Waals surface area contributed by atoms with Gasteiger partial charge in [-0.15, -0.1) is 0 Å². The molecule has 3 heteroatoms. The van der Waals surface area contributed by atoms with Crippen LogP contribution < -0.4 is 5.32 Å². The Morgan fingerprint density at radius 1 is 1.23 bits per heavy atom. The van der Waals surface area contributed by atoms with Gasteiger partial charge < -0.3 is 10.1 Å². The minimum Gasteiger partial charge on any atom is -0.466 e. The fraction of sp³-hybridized carbons (Fsp3) is 0.632. The highest BCUT2D eigenvalue weighted by Gasteiger charge is 2.32. The number of esters is 1. The van der Waals surface area contributed by atoms with Crippen LogP contribution in [0.2, 0.25) is 0 Å². The lowest BCUT2D eigenvalue weighted by atomic mass is 9.84. The number of hydrogen-bond donors (Lipinski definition) is 1. The lowest BCUT2D eigenvalue weighted by Crippen LogP contribution is -2.43. The van der Waals surface area contributed by atoms with Crippen molar-refractivity contribution in [3.05, 3.63) is 35.9 Å². The molecule has 0 radical (unpaired) electrons. The van der Waals surface area contributed by atoms with Crippen molar-refractivity contribution >= 4 is 5.97 Å². The number of carbonyl (C=O) groups is 1. The lowest BCUT2D eigenvalue weighted by molar-refractivity contribution is -0.150. The summed E-state index contributed by atoms with van der Waals surface area (Å²) >= 11 is 0. The number of hydrogen-bond acceptors (Lipinski definition) is 3. The van der Waals surface area contributed by atoms with Crippen molar-refractivity contribution in [3.8, 4) is 0 Å².